The lowest BCUT2D eigenvalue weighted by Crippen LogP contribution is -2.12. The van der Waals surface area contributed by atoms with E-state index in [-0.39, 0.29) is 51.6 Å². The van der Waals surface area contributed by atoms with Gasteiger partial charge >= 0.3 is 0 Å². The summed E-state index contributed by atoms with van der Waals surface area (Å²) in [7, 11) is 1.60. The minimum absolute atomic E-state index is 0. The van der Waals surface area contributed by atoms with Crippen molar-refractivity contribution in [1.29, 1.82) is 0 Å². The van der Waals surface area contributed by atoms with E-state index in [1.165, 1.54) is 32.7 Å². The van der Waals surface area contributed by atoms with Crippen molar-refractivity contribution in [3.63, 3.8) is 0 Å². The average Bonchev–Trinajstić information content (AvgIpc) is 3.36. The number of aromatic nitrogens is 4. The summed E-state index contributed by atoms with van der Waals surface area (Å²) < 4.78 is 10.8. The molecule has 0 bridgehead atoms. The number of nitrogens with two attached hydrogens (primary N) is 1. The first-order valence-corrected chi connectivity index (χ1v) is 23.0. The van der Waals surface area contributed by atoms with E-state index < -0.39 is 0 Å². The Morgan fingerprint density at radius 1 is 0.529 bits per heavy atom. The molecule has 70 heavy (non-hydrogen) atoms. The lowest BCUT2D eigenvalue weighted by Gasteiger charge is -2.20. The number of hydrogen-bond donors (Lipinski definition) is 3. The fourth-order valence-corrected chi connectivity index (χ4v) is 8.78. The highest BCUT2D eigenvalue weighted by Gasteiger charge is 2.20. The molecule has 9 nitrogen and oxygen atoms in total. The molecule has 0 amide bonds. The number of phenolic OH excluding ortho intramolecular Hbond substituents is 1. The van der Waals surface area contributed by atoms with Crippen molar-refractivity contribution in [2.24, 2.45) is 5.73 Å². The van der Waals surface area contributed by atoms with Crippen molar-refractivity contribution in [1.82, 2.24) is 20.4 Å². The minimum atomic E-state index is 0. The third kappa shape index (κ3) is 11.2. The number of rotatable bonds is 9. The van der Waals surface area contributed by atoms with Gasteiger partial charge in [0.25, 0.3) is 0 Å². The highest BCUT2D eigenvalue weighted by Crippen LogP contribution is 2.40. The van der Waals surface area contributed by atoms with Crippen molar-refractivity contribution in [2.75, 3.05) is 19.2 Å². The van der Waals surface area contributed by atoms with Gasteiger partial charge in [0.05, 0.1) is 17.2 Å². The number of nitrogens with one attached hydrogen (secondary N) is 1. The van der Waals surface area contributed by atoms with Crippen LogP contribution in [0.4, 0.5) is 5.82 Å². The van der Waals surface area contributed by atoms with E-state index >= 15 is 0 Å². The molecule has 2 aromatic heterocycles. The van der Waals surface area contributed by atoms with Gasteiger partial charge in [-0.3, -0.25) is 0 Å². The molecule has 0 aliphatic carbocycles. The molecule has 10 rings (SSSR count). The number of fused-ring (bicyclic) bond motifs is 4. The van der Waals surface area contributed by atoms with E-state index in [4.69, 9.17) is 26.8 Å². The van der Waals surface area contributed by atoms with Gasteiger partial charge in [-0.2, -0.15) is 27.0 Å². The molecule has 0 aliphatic heterocycles. The maximum atomic E-state index is 10.7. The van der Waals surface area contributed by atoms with Crippen LogP contribution in [0.2, 0.25) is 5.15 Å². The quantitative estimate of drug-likeness (QED) is 0.121. The van der Waals surface area contributed by atoms with Crippen molar-refractivity contribution >= 4 is 87.5 Å². The van der Waals surface area contributed by atoms with Gasteiger partial charge in [0.1, 0.15) is 22.9 Å². The maximum Gasteiger partial charge on any atom is 0.188 e. The first kappa shape index (κ1) is 52.6. The summed E-state index contributed by atoms with van der Waals surface area (Å²) in [6.07, 6.45) is 0. The lowest BCUT2D eigenvalue weighted by molar-refractivity contribution is 0.0516. The predicted octanol–water partition coefficient (Wildman–Crippen LogP) is 14.6. The standard InChI is InChI=1S/C28H25N3O.C18H17ClN2O2.C12H13N.2H2S/c1-17-18(2)28(29-19(3)22-14-8-11-20-9-4-6-12-23(20)22)31-30-27(17)26-24-13-7-5-10-21(24)15-16-25(26)32;1-11-12(2)18(19)21-20-17(11)16-14-7-5-4-6-13(14)8-9-15(16)23-10-22-3;1-9(13)11-8-4-6-10-5-2-3-7-12(10)11;;/h4-16,19,32H,1-3H3,(H,29,31);4-9H,10H2,1-3H3;2-9H,13H2,1H3;2*1H2/t19-;;9-;;/m0.0../s1. The number of nitrogens with zero attached hydrogens (tertiary/aromatic N) is 4. The van der Waals surface area contributed by atoms with E-state index in [1.807, 2.05) is 101 Å². The molecule has 0 aliphatic rings. The van der Waals surface area contributed by atoms with E-state index in [0.717, 1.165) is 66.4 Å². The van der Waals surface area contributed by atoms with Crippen LogP contribution in [-0.2, 0) is 4.74 Å². The third-order valence-corrected chi connectivity index (χ3v) is 12.9. The highest BCUT2D eigenvalue weighted by molar-refractivity contribution is 7.59. The Morgan fingerprint density at radius 2 is 0.986 bits per heavy atom. The Morgan fingerprint density at radius 3 is 1.57 bits per heavy atom. The first-order chi connectivity index (χ1) is 33.0. The Balaban J connectivity index is 0.000000185. The fourth-order valence-electron chi connectivity index (χ4n) is 8.60. The molecule has 0 spiro atoms. The minimum Gasteiger partial charge on any atom is -0.507 e. The summed E-state index contributed by atoms with van der Waals surface area (Å²) in [6.45, 7) is 12.3. The number of methoxy groups -OCH3 is 1. The summed E-state index contributed by atoms with van der Waals surface area (Å²) in [6, 6.07) is 53.3. The largest absolute Gasteiger partial charge is 0.507 e. The molecular weight excluding hydrogens is 928 g/mol. The number of anilines is 1. The van der Waals surface area contributed by atoms with Crippen molar-refractivity contribution in [2.45, 2.75) is 53.6 Å². The molecule has 0 saturated heterocycles. The van der Waals surface area contributed by atoms with Crippen LogP contribution in [0.1, 0.15) is 59.3 Å². The molecule has 0 radical (unpaired) electrons. The van der Waals surface area contributed by atoms with Crippen LogP contribution in [0, 0.1) is 27.7 Å². The van der Waals surface area contributed by atoms with Gasteiger partial charge in [-0.15, -0.1) is 20.4 Å². The molecule has 358 valence electrons. The molecule has 8 aromatic carbocycles. The maximum absolute atomic E-state index is 10.7. The normalized spacial score (nSPS) is 11.6. The summed E-state index contributed by atoms with van der Waals surface area (Å²) in [4.78, 5) is 0. The summed E-state index contributed by atoms with van der Waals surface area (Å²) in [5.74, 6) is 1.68. The van der Waals surface area contributed by atoms with Crippen molar-refractivity contribution in [3.8, 4) is 34.0 Å². The summed E-state index contributed by atoms with van der Waals surface area (Å²) >= 11 is 6.09. The van der Waals surface area contributed by atoms with Crippen LogP contribution in [0.5, 0.6) is 11.5 Å². The van der Waals surface area contributed by atoms with Crippen LogP contribution >= 0.6 is 38.6 Å². The lowest BCUT2D eigenvalue weighted by atomic mass is 9.96. The number of hydrogen-bond acceptors (Lipinski definition) is 9. The third-order valence-electron chi connectivity index (χ3n) is 12.5. The van der Waals surface area contributed by atoms with E-state index in [0.29, 0.717) is 16.6 Å². The van der Waals surface area contributed by atoms with Crippen molar-refractivity contribution in [3.05, 3.63) is 196 Å². The smallest absolute Gasteiger partial charge is 0.188 e. The van der Waals surface area contributed by atoms with Gasteiger partial charge in [0.15, 0.2) is 17.8 Å². The van der Waals surface area contributed by atoms with Crippen LogP contribution in [0.15, 0.2) is 158 Å². The number of halogens is 1. The molecular formula is C58H59ClN6O3S2. The van der Waals surface area contributed by atoms with Crippen LogP contribution in [0.25, 0.3) is 65.6 Å². The van der Waals surface area contributed by atoms with E-state index in [9.17, 15) is 5.11 Å². The monoisotopic (exact) mass is 986 g/mol. The summed E-state index contributed by atoms with van der Waals surface area (Å²) in [5, 5.41) is 41.3. The topological polar surface area (TPSA) is 128 Å². The number of ether oxygens (including phenoxy) is 2. The van der Waals surface area contributed by atoms with Gasteiger partial charge in [0.2, 0.25) is 0 Å². The molecule has 4 N–H and O–H groups in total. The number of benzene rings is 8. The van der Waals surface area contributed by atoms with Gasteiger partial charge in [-0.05, 0) is 130 Å². The van der Waals surface area contributed by atoms with Gasteiger partial charge in [-0.25, -0.2) is 0 Å². The molecule has 2 heterocycles. The fraction of sp³-hybridized carbons (Fsp3) is 0.172. The molecule has 12 heteroatoms. The van der Waals surface area contributed by atoms with Gasteiger partial charge in [-0.1, -0.05) is 157 Å². The Labute approximate surface area is 429 Å². The average molecular weight is 988 g/mol. The van der Waals surface area contributed by atoms with Crippen LogP contribution in [0.3, 0.4) is 0 Å². The highest BCUT2D eigenvalue weighted by atomic mass is 35.5. The van der Waals surface area contributed by atoms with Gasteiger partial charge in [0, 0.05) is 13.2 Å². The van der Waals surface area contributed by atoms with E-state index in [1.54, 1.807) is 13.2 Å². The number of phenols is 1. The molecule has 0 fully saturated rings. The second kappa shape index (κ2) is 23.7. The van der Waals surface area contributed by atoms with Gasteiger partial charge < -0.3 is 25.6 Å². The number of aromatic hydroxyl groups is 1. The first-order valence-electron chi connectivity index (χ1n) is 22.6. The Bertz CT molecular complexity index is 3420. The van der Waals surface area contributed by atoms with E-state index in [2.05, 4.69) is 118 Å². The van der Waals surface area contributed by atoms with Crippen LogP contribution in [-0.4, -0.2) is 39.4 Å². The SMILES string of the molecule is COCOc1ccc2ccccc2c1-c1nnc(Cl)c(C)c1C.C[C@H](N)c1cccc2ccccc12.Cc1c(N[C@@H](C)c2cccc3ccccc23)nnc(-c2c(O)ccc3ccccc23)c1C.S.S. The second-order valence-corrected chi connectivity index (χ2v) is 17.3. The Kier molecular flexibility index (Phi) is 17.8. The molecule has 0 saturated carbocycles. The zero-order valence-corrected chi connectivity index (χ0v) is 43.1. The second-order valence-electron chi connectivity index (χ2n) is 16.9. The molecule has 0 unspecified atom stereocenters. The van der Waals surface area contributed by atoms with Crippen molar-refractivity contribution < 1.29 is 14.6 Å². The zero-order valence-electron chi connectivity index (χ0n) is 40.4. The zero-order chi connectivity index (χ0) is 47.9. The molecule has 10 aromatic rings. The summed E-state index contributed by atoms with van der Waals surface area (Å²) in [5.41, 5.74) is 15.4. The Hall–Kier alpha value is -6.73. The van der Waals surface area contributed by atoms with Crippen LogP contribution < -0.4 is 15.8 Å². The predicted molar refractivity (Wildman–Crippen MR) is 301 cm³/mol. The molecule has 2 atom stereocenters.